The van der Waals surface area contributed by atoms with Gasteiger partial charge in [0.25, 0.3) is 0 Å². The molecule has 3 amide bonds. The molecule has 0 radical (unpaired) electrons. The maximum absolute atomic E-state index is 13.9. The Morgan fingerprint density at radius 1 is 1.19 bits per heavy atom. The van der Waals surface area contributed by atoms with Crippen molar-refractivity contribution in [2.24, 2.45) is 11.8 Å². The van der Waals surface area contributed by atoms with E-state index in [2.05, 4.69) is 20.7 Å². The number of urea groups is 1. The molecule has 2 fully saturated rings. The molecule has 1 aliphatic heterocycles. The number of likely N-dealkylation sites (N-methyl/N-ethyl adjacent to an activating group) is 1. The molecular formula is C27H42ClFN4O4. The lowest BCUT2D eigenvalue weighted by Gasteiger charge is -2.38. The topological polar surface area (TPSA) is 91.9 Å². The first-order valence-electron chi connectivity index (χ1n) is 13.5. The maximum atomic E-state index is 13.9. The normalized spacial score (nSPS) is 20.2. The van der Waals surface area contributed by atoms with Gasteiger partial charge in [-0.2, -0.15) is 0 Å². The quantitative estimate of drug-likeness (QED) is 0.348. The summed E-state index contributed by atoms with van der Waals surface area (Å²) >= 11 is 6.08. The second-order valence-electron chi connectivity index (χ2n) is 10.2. The number of carbonyl (C=O) groups is 2. The lowest BCUT2D eigenvalue weighted by atomic mass is 9.85. The minimum atomic E-state index is -0.533. The van der Waals surface area contributed by atoms with Gasteiger partial charge >= 0.3 is 12.1 Å². The van der Waals surface area contributed by atoms with Crippen molar-refractivity contribution in [2.45, 2.75) is 63.5 Å². The van der Waals surface area contributed by atoms with Crippen LogP contribution < -0.4 is 16.0 Å². The van der Waals surface area contributed by atoms with Crippen molar-refractivity contribution in [1.82, 2.24) is 20.9 Å². The molecule has 1 aliphatic carbocycles. The van der Waals surface area contributed by atoms with Gasteiger partial charge in [-0.15, -0.1) is 0 Å². The van der Waals surface area contributed by atoms with E-state index in [4.69, 9.17) is 16.3 Å². The average Bonchev–Trinajstić information content (AvgIpc) is 2.91. The third kappa shape index (κ3) is 9.30. The predicted molar refractivity (Wildman–Crippen MR) is 142 cm³/mol. The molecule has 37 heavy (non-hydrogen) atoms. The number of methoxy groups -OCH3 is 1. The standard InChI is InChI=1S/C27H42ClFN4O4/c1-30-17-22(15-19-7-4-3-5-8-19)32-26(34)33-13-6-9-21(18-33)25(37-14-12-31-27(35)36-2)20-10-11-24(29)23(28)16-20/h10-11,16,19,21-22,25,30H,3-9,12-15,17-18H2,1-2H3,(H,31,35)(H,32,34)/t21-,22+,25?/m1/s1. The van der Waals surface area contributed by atoms with Crippen LogP contribution in [0.1, 0.15) is 63.0 Å². The van der Waals surface area contributed by atoms with Crippen molar-refractivity contribution in [3.63, 3.8) is 0 Å². The van der Waals surface area contributed by atoms with E-state index in [-0.39, 0.29) is 36.2 Å². The van der Waals surface area contributed by atoms with Gasteiger partial charge in [0.05, 0.1) is 24.8 Å². The molecule has 3 rings (SSSR count). The number of halogens is 2. The molecular weight excluding hydrogens is 499 g/mol. The lowest BCUT2D eigenvalue weighted by molar-refractivity contribution is -0.00868. The molecule has 0 bridgehead atoms. The summed E-state index contributed by atoms with van der Waals surface area (Å²) in [6.45, 7) is 2.45. The molecule has 10 heteroatoms. The van der Waals surface area contributed by atoms with Gasteiger partial charge in [0.1, 0.15) is 5.82 Å². The van der Waals surface area contributed by atoms with Crippen LogP contribution in [0, 0.1) is 17.7 Å². The monoisotopic (exact) mass is 540 g/mol. The Bertz CT molecular complexity index is 871. The van der Waals surface area contributed by atoms with Crippen LogP contribution in [0.25, 0.3) is 0 Å². The van der Waals surface area contributed by atoms with Gasteiger partial charge in [-0.1, -0.05) is 49.8 Å². The predicted octanol–water partition coefficient (Wildman–Crippen LogP) is 4.87. The Morgan fingerprint density at radius 3 is 2.68 bits per heavy atom. The van der Waals surface area contributed by atoms with Crippen LogP contribution in [0.5, 0.6) is 0 Å². The molecule has 2 aliphatic rings. The molecule has 1 unspecified atom stereocenters. The zero-order chi connectivity index (χ0) is 26.6. The second-order valence-corrected chi connectivity index (χ2v) is 10.6. The van der Waals surface area contributed by atoms with E-state index in [9.17, 15) is 14.0 Å². The van der Waals surface area contributed by atoms with E-state index in [0.29, 0.717) is 19.0 Å². The van der Waals surface area contributed by atoms with Crippen LogP contribution in [0.2, 0.25) is 5.02 Å². The van der Waals surface area contributed by atoms with Crippen molar-refractivity contribution in [2.75, 3.05) is 46.9 Å². The number of rotatable bonds is 11. The van der Waals surface area contributed by atoms with E-state index in [1.54, 1.807) is 12.1 Å². The van der Waals surface area contributed by atoms with Crippen LogP contribution in [0.3, 0.4) is 0 Å². The van der Waals surface area contributed by atoms with Gasteiger partial charge in [0.15, 0.2) is 0 Å². The van der Waals surface area contributed by atoms with Crippen molar-refractivity contribution in [3.8, 4) is 0 Å². The second kappa shape index (κ2) is 15.3. The van der Waals surface area contributed by atoms with Gasteiger partial charge in [0.2, 0.25) is 0 Å². The first kappa shape index (κ1) is 29.5. The zero-order valence-electron chi connectivity index (χ0n) is 22.1. The highest BCUT2D eigenvalue weighted by molar-refractivity contribution is 6.30. The average molecular weight is 541 g/mol. The smallest absolute Gasteiger partial charge is 0.406 e. The summed E-state index contributed by atoms with van der Waals surface area (Å²) in [5.74, 6) is 0.177. The number of likely N-dealkylation sites (tertiary alicyclic amines) is 1. The van der Waals surface area contributed by atoms with Crippen LogP contribution in [0.4, 0.5) is 14.0 Å². The summed E-state index contributed by atoms with van der Waals surface area (Å²) in [6.07, 6.45) is 8.12. The molecule has 8 nitrogen and oxygen atoms in total. The van der Waals surface area contributed by atoms with Gasteiger partial charge < -0.3 is 30.3 Å². The summed E-state index contributed by atoms with van der Waals surface area (Å²) in [5, 5.41) is 9.14. The minimum Gasteiger partial charge on any atom is -0.453 e. The maximum Gasteiger partial charge on any atom is 0.406 e. The summed E-state index contributed by atoms with van der Waals surface area (Å²) in [7, 11) is 3.22. The van der Waals surface area contributed by atoms with Crippen LogP contribution in [-0.2, 0) is 9.47 Å². The molecule has 3 atom stereocenters. The Kier molecular flexibility index (Phi) is 12.2. The van der Waals surface area contributed by atoms with Gasteiger partial charge in [-0.25, -0.2) is 14.0 Å². The number of piperidine rings is 1. The van der Waals surface area contributed by atoms with Gasteiger partial charge in [-0.05, 0) is 49.9 Å². The Hall–Kier alpha value is -2.10. The fraction of sp³-hybridized carbons (Fsp3) is 0.704. The van der Waals surface area contributed by atoms with Crippen LogP contribution in [0.15, 0.2) is 18.2 Å². The number of hydrogen-bond acceptors (Lipinski definition) is 5. The number of nitrogens with one attached hydrogen (secondary N) is 3. The summed E-state index contributed by atoms with van der Waals surface area (Å²) < 4.78 is 24.6. The molecule has 1 saturated carbocycles. The molecule has 0 spiro atoms. The summed E-state index contributed by atoms with van der Waals surface area (Å²) in [6, 6.07) is 4.63. The Labute approximate surface area is 225 Å². The highest BCUT2D eigenvalue weighted by atomic mass is 35.5. The van der Waals surface area contributed by atoms with Crippen molar-refractivity contribution >= 4 is 23.7 Å². The highest BCUT2D eigenvalue weighted by Crippen LogP contribution is 2.34. The van der Waals surface area contributed by atoms with E-state index in [1.165, 1.54) is 45.3 Å². The number of carbonyl (C=O) groups excluding carboxylic acids is 2. The molecule has 1 aromatic carbocycles. The fourth-order valence-corrected chi connectivity index (χ4v) is 5.77. The van der Waals surface area contributed by atoms with Gasteiger partial charge in [-0.3, -0.25) is 0 Å². The van der Waals surface area contributed by atoms with E-state index in [0.717, 1.165) is 31.4 Å². The molecule has 1 aromatic rings. The largest absolute Gasteiger partial charge is 0.453 e. The Morgan fingerprint density at radius 2 is 1.97 bits per heavy atom. The zero-order valence-corrected chi connectivity index (χ0v) is 22.8. The van der Waals surface area contributed by atoms with E-state index >= 15 is 0 Å². The molecule has 1 heterocycles. The van der Waals surface area contributed by atoms with Gasteiger partial charge in [0, 0.05) is 38.1 Å². The minimum absolute atomic E-state index is 0.000231. The number of nitrogens with zero attached hydrogens (tertiary/aromatic N) is 1. The first-order chi connectivity index (χ1) is 17.9. The van der Waals surface area contributed by atoms with Crippen molar-refractivity contribution in [3.05, 3.63) is 34.6 Å². The number of benzene rings is 1. The van der Waals surface area contributed by atoms with Crippen LogP contribution in [-0.4, -0.2) is 70.0 Å². The highest BCUT2D eigenvalue weighted by Gasteiger charge is 2.32. The first-order valence-corrected chi connectivity index (χ1v) is 13.9. The third-order valence-electron chi connectivity index (χ3n) is 7.42. The van der Waals surface area contributed by atoms with Crippen molar-refractivity contribution in [1.29, 1.82) is 0 Å². The molecule has 1 saturated heterocycles. The summed E-state index contributed by atoms with van der Waals surface area (Å²) in [4.78, 5) is 26.6. The molecule has 208 valence electrons. The van der Waals surface area contributed by atoms with Crippen LogP contribution >= 0.6 is 11.6 Å². The Balaban J connectivity index is 1.64. The number of hydrogen-bond donors (Lipinski definition) is 3. The SMILES string of the molecule is CNC[C@H](CC1CCCCC1)NC(=O)N1CCC[C@@H](C(OCCNC(=O)OC)c2ccc(F)c(Cl)c2)C1. The number of alkyl carbamates (subject to hydrolysis) is 1. The number of ether oxygens (including phenoxy) is 2. The number of amides is 3. The summed E-state index contributed by atoms with van der Waals surface area (Å²) in [5.41, 5.74) is 0.752. The fourth-order valence-electron chi connectivity index (χ4n) is 5.58. The molecule has 0 aromatic heterocycles. The lowest BCUT2D eigenvalue weighted by Crippen LogP contribution is -2.52. The third-order valence-corrected chi connectivity index (χ3v) is 7.71. The van der Waals surface area contributed by atoms with E-state index < -0.39 is 18.0 Å². The van der Waals surface area contributed by atoms with Crippen molar-refractivity contribution < 1.29 is 23.5 Å². The molecule has 3 N–H and O–H groups in total. The van der Waals surface area contributed by atoms with E-state index in [1.807, 2.05) is 11.9 Å².